The first kappa shape index (κ1) is 13.3. The molecular formula is C14H17N7. The number of benzene rings is 1. The molecule has 3 aromatic rings. The Balaban J connectivity index is 1.71. The summed E-state index contributed by atoms with van der Waals surface area (Å²) >= 11 is 0. The number of nitrogens with zero attached hydrogens (tertiary/aromatic N) is 5. The number of aryl methyl sites for hydroxylation is 1. The van der Waals surface area contributed by atoms with Crippen molar-refractivity contribution in [2.75, 3.05) is 5.32 Å². The lowest BCUT2D eigenvalue weighted by Gasteiger charge is -2.09. The number of aromatic amines is 1. The molecule has 0 aliphatic carbocycles. The Morgan fingerprint density at radius 2 is 2.24 bits per heavy atom. The highest BCUT2D eigenvalue weighted by Gasteiger charge is 2.05. The fourth-order valence-corrected chi connectivity index (χ4v) is 2.17. The van der Waals surface area contributed by atoms with Gasteiger partial charge in [0.2, 0.25) is 5.82 Å². The Kier molecular flexibility index (Phi) is 3.90. The summed E-state index contributed by atoms with van der Waals surface area (Å²) in [5.41, 5.74) is 3.11. The van der Waals surface area contributed by atoms with Gasteiger partial charge in [-0.2, -0.15) is 10.3 Å². The predicted molar refractivity (Wildman–Crippen MR) is 79.5 cm³/mol. The van der Waals surface area contributed by atoms with Crippen molar-refractivity contribution in [2.45, 2.75) is 26.4 Å². The molecule has 2 N–H and O–H groups in total. The van der Waals surface area contributed by atoms with Crippen LogP contribution in [0.15, 0.2) is 36.5 Å². The number of tetrazole rings is 1. The van der Waals surface area contributed by atoms with E-state index in [-0.39, 0.29) is 0 Å². The molecule has 0 radical (unpaired) electrons. The molecule has 2 heterocycles. The highest BCUT2D eigenvalue weighted by molar-refractivity contribution is 5.61. The normalized spacial score (nSPS) is 10.7. The lowest BCUT2D eigenvalue weighted by molar-refractivity contribution is 0.578. The fourth-order valence-electron chi connectivity index (χ4n) is 2.17. The van der Waals surface area contributed by atoms with Crippen molar-refractivity contribution >= 4 is 5.69 Å². The third kappa shape index (κ3) is 3.07. The van der Waals surface area contributed by atoms with E-state index in [1.54, 1.807) is 0 Å². The van der Waals surface area contributed by atoms with Crippen molar-refractivity contribution in [2.24, 2.45) is 0 Å². The fraction of sp³-hybridized carbons (Fsp3) is 0.286. The maximum absolute atomic E-state index is 4.32. The summed E-state index contributed by atoms with van der Waals surface area (Å²) in [5, 5.41) is 21.7. The van der Waals surface area contributed by atoms with Crippen LogP contribution in [-0.2, 0) is 13.1 Å². The molecule has 0 amide bonds. The Bertz CT molecular complexity index is 687. The second-order valence-electron chi connectivity index (χ2n) is 4.72. The highest BCUT2D eigenvalue weighted by Crippen LogP contribution is 2.18. The minimum Gasteiger partial charge on any atom is -0.379 e. The maximum Gasteiger partial charge on any atom is 0.204 e. The lowest BCUT2D eigenvalue weighted by Crippen LogP contribution is -2.08. The number of H-pyrrole nitrogens is 1. The van der Waals surface area contributed by atoms with Crippen molar-refractivity contribution in [3.63, 3.8) is 0 Å². The van der Waals surface area contributed by atoms with Gasteiger partial charge in [-0.05, 0) is 29.8 Å². The van der Waals surface area contributed by atoms with Crippen molar-refractivity contribution in [3.8, 4) is 11.4 Å². The minimum absolute atomic E-state index is 0.592. The molecule has 0 fully saturated rings. The predicted octanol–water partition coefficient (Wildman–Crippen LogP) is 2.09. The number of hydrogen-bond donors (Lipinski definition) is 2. The van der Waals surface area contributed by atoms with Crippen LogP contribution in [0.2, 0.25) is 0 Å². The van der Waals surface area contributed by atoms with Crippen LogP contribution in [0, 0.1) is 0 Å². The molecule has 7 nitrogen and oxygen atoms in total. The van der Waals surface area contributed by atoms with Crippen molar-refractivity contribution in [1.29, 1.82) is 0 Å². The summed E-state index contributed by atoms with van der Waals surface area (Å²) in [5.74, 6) is 0.592. The number of aromatic nitrogens is 6. The molecule has 0 atom stereocenters. The number of anilines is 1. The summed E-state index contributed by atoms with van der Waals surface area (Å²) in [4.78, 5) is 0. The molecule has 1 aromatic carbocycles. The summed E-state index contributed by atoms with van der Waals surface area (Å²) in [6, 6.07) is 9.98. The third-order valence-corrected chi connectivity index (χ3v) is 3.18. The van der Waals surface area contributed by atoms with Crippen molar-refractivity contribution in [1.82, 2.24) is 30.4 Å². The van der Waals surface area contributed by atoms with E-state index in [1.165, 1.54) is 5.69 Å². The van der Waals surface area contributed by atoms with E-state index < -0.39 is 0 Å². The van der Waals surface area contributed by atoms with Gasteiger partial charge in [0.05, 0.1) is 12.2 Å². The first-order valence-electron chi connectivity index (χ1n) is 6.95. The van der Waals surface area contributed by atoms with Gasteiger partial charge in [-0.15, -0.1) is 10.2 Å². The molecule has 21 heavy (non-hydrogen) atoms. The van der Waals surface area contributed by atoms with Gasteiger partial charge in [0.15, 0.2) is 0 Å². The van der Waals surface area contributed by atoms with Gasteiger partial charge in [-0.1, -0.05) is 19.1 Å². The number of rotatable bonds is 6. The topological polar surface area (TPSA) is 84.3 Å². The van der Waals surface area contributed by atoms with Crippen LogP contribution in [0.1, 0.15) is 19.0 Å². The molecule has 108 valence electrons. The summed E-state index contributed by atoms with van der Waals surface area (Å²) in [6.07, 6.45) is 2.91. The minimum atomic E-state index is 0.592. The van der Waals surface area contributed by atoms with E-state index in [0.717, 1.165) is 30.8 Å². The highest BCUT2D eigenvalue weighted by atomic mass is 15.5. The average Bonchev–Trinajstić information content (AvgIpc) is 3.18. The van der Waals surface area contributed by atoms with Crippen LogP contribution in [0.25, 0.3) is 11.4 Å². The van der Waals surface area contributed by atoms with E-state index in [9.17, 15) is 0 Å². The zero-order chi connectivity index (χ0) is 14.5. The molecule has 0 aliphatic heterocycles. The molecule has 0 unspecified atom stereocenters. The Labute approximate surface area is 122 Å². The van der Waals surface area contributed by atoms with Gasteiger partial charge >= 0.3 is 0 Å². The average molecular weight is 283 g/mol. The SMILES string of the molecule is CCCn1nccc1CNc1cccc(-c2nn[nH]n2)c1. The van der Waals surface area contributed by atoms with Crippen molar-refractivity contribution in [3.05, 3.63) is 42.2 Å². The molecular weight excluding hydrogens is 266 g/mol. The van der Waals surface area contributed by atoms with Crippen LogP contribution in [0.4, 0.5) is 5.69 Å². The first-order chi connectivity index (χ1) is 10.4. The van der Waals surface area contributed by atoms with E-state index in [4.69, 9.17) is 0 Å². The van der Waals surface area contributed by atoms with Gasteiger partial charge in [0.1, 0.15) is 0 Å². The summed E-state index contributed by atoms with van der Waals surface area (Å²) in [7, 11) is 0. The van der Waals surface area contributed by atoms with Gasteiger partial charge < -0.3 is 5.32 Å². The molecule has 7 heteroatoms. The van der Waals surface area contributed by atoms with E-state index >= 15 is 0 Å². The Morgan fingerprint density at radius 3 is 3.05 bits per heavy atom. The van der Waals surface area contributed by atoms with E-state index in [1.807, 2.05) is 41.2 Å². The molecule has 0 spiro atoms. The number of hydrogen-bond acceptors (Lipinski definition) is 5. The zero-order valence-electron chi connectivity index (χ0n) is 11.8. The second-order valence-corrected chi connectivity index (χ2v) is 4.72. The lowest BCUT2D eigenvalue weighted by atomic mass is 10.2. The van der Waals surface area contributed by atoms with Crippen LogP contribution < -0.4 is 5.32 Å². The first-order valence-corrected chi connectivity index (χ1v) is 6.95. The molecule has 0 aliphatic rings. The maximum atomic E-state index is 4.32. The van der Waals surface area contributed by atoms with Crippen molar-refractivity contribution < 1.29 is 0 Å². The molecule has 2 aromatic heterocycles. The van der Waals surface area contributed by atoms with Crippen LogP contribution in [0.3, 0.4) is 0 Å². The molecule has 0 saturated heterocycles. The monoisotopic (exact) mass is 283 g/mol. The Hall–Kier alpha value is -2.70. The summed E-state index contributed by atoms with van der Waals surface area (Å²) < 4.78 is 2.02. The smallest absolute Gasteiger partial charge is 0.204 e. The molecule has 3 rings (SSSR count). The molecule has 0 bridgehead atoms. The largest absolute Gasteiger partial charge is 0.379 e. The second kappa shape index (κ2) is 6.17. The van der Waals surface area contributed by atoms with Gasteiger partial charge in [0, 0.05) is 24.0 Å². The van der Waals surface area contributed by atoms with Gasteiger partial charge in [-0.25, -0.2) is 0 Å². The van der Waals surface area contributed by atoms with Gasteiger partial charge in [0.25, 0.3) is 0 Å². The third-order valence-electron chi connectivity index (χ3n) is 3.18. The van der Waals surface area contributed by atoms with E-state index in [0.29, 0.717) is 5.82 Å². The summed E-state index contributed by atoms with van der Waals surface area (Å²) in [6.45, 7) is 3.82. The zero-order valence-corrected chi connectivity index (χ0v) is 11.8. The number of nitrogens with one attached hydrogen (secondary N) is 2. The van der Waals surface area contributed by atoms with Gasteiger partial charge in [-0.3, -0.25) is 4.68 Å². The molecule has 0 saturated carbocycles. The quantitative estimate of drug-likeness (QED) is 0.723. The Morgan fingerprint density at radius 1 is 1.29 bits per heavy atom. The van der Waals surface area contributed by atoms with Crippen LogP contribution in [-0.4, -0.2) is 30.4 Å². The van der Waals surface area contributed by atoms with Crippen LogP contribution in [0.5, 0.6) is 0 Å². The van der Waals surface area contributed by atoms with Crippen LogP contribution >= 0.6 is 0 Å². The standard InChI is InChI=1S/C14H17N7/c1-2-8-21-13(6-7-16-21)10-15-12-5-3-4-11(9-12)14-17-19-20-18-14/h3-7,9,15H,2,8,10H2,1H3,(H,17,18,19,20). The van der Waals surface area contributed by atoms with E-state index in [2.05, 4.69) is 38.0 Å².